The molecule has 0 amide bonds. The Bertz CT molecular complexity index is 550. The third-order valence-corrected chi connectivity index (χ3v) is 3.29. The summed E-state index contributed by atoms with van der Waals surface area (Å²) in [5.74, 6) is 0.00171. The van der Waals surface area contributed by atoms with E-state index in [4.69, 9.17) is 4.74 Å². The summed E-state index contributed by atoms with van der Waals surface area (Å²) in [6, 6.07) is -0.570. The Kier molecular flexibility index (Phi) is 3.23. The monoisotopic (exact) mass is 257 g/mol. The molecule has 1 aliphatic heterocycles. The van der Waals surface area contributed by atoms with E-state index in [2.05, 4.69) is 15.3 Å². The van der Waals surface area contributed by atoms with Gasteiger partial charge in [-0.25, -0.2) is 9.59 Å². The third kappa shape index (κ3) is 2.36. The quantitative estimate of drug-likeness (QED) is 0.488. The minimum atomic E-state index is -0.570. The number of rotatable bonds is 2. The van der Waals surface area contributed by atoms with E-state index in [-0.39, 0.29) is 12.3 Å². The lowest BCUT2D eigenvalue weighted by molar-refractivity contribution is -0.143. The summed E-state index contributed by atoms with van der Waals surface area (Å²) in [4.78, 5) is 38.6. The van der Waals surface area contributed by atoms with Gasteiger partial charge in [0.25, 0.3) is 5.56 Å². The van der Waals surface area contributed by atoms with Crippen molar-refractivity contribution in [3.05, 3.63) is 20.8 Å². The summed E-state index contributed by atoms with van der Waals surface area (Å²) < 4.78 is 4.86. The molecule has 0 saturated carbocycles. The van der Waals surface area contributed by atoms with Crippen molar-refractivity contribution in [1.29, 1.82) is 0 Å². The number of anilines is 1. The maximum Gasteiger partial charge on any atom is 0.329 e. The second-order valence-electron chi connectivity index (χ2n) is 3.37. The standard InChI is InChI=1S/C9H11N3O4S/c1-2-16-8(14)4-3-17-7-5(10-4)6(13)11-9(15)12-7/h4,10H,2-3H2,1H3,(H2,11,12,13,15). The summed E-state index contributed by atoms with van der Waals surface area (Å²) in [6.07, 6.45) is 0. The van der Waals surface area contributed by atoms with E-state index in [0.717, 1.165) is 0 Å². The fraction of sp³-hybridized carbons (Fsp3) is 0.444. The molecule has 0 fully saturated rings. The lowest BCUT2D eigenvalue weighted by atomic mass is 10.3. The van der Waals surface area contributed by atoms with Crippen molar-refractivity contribution in [3.8, 4) is 0 Å². The van der Waals surface area contributed by atoms with Gasteiger partial charge in [-0.05, 0) is 6.92 Å². The fourth-order valence-electron chi connectivity index (χ4n) is 1.46. The van der Waals surface area contributed by atoms with E-state index in [9.17, 15) is 14.4 Å². The van der Waals surface area contributed by atoms with Crippen LogP contribution in [0.2, 0.25) is 0 Å². The predicted octanol–water partition coefficient (Wildman–Crippen LogP) is -0.488. The van der Waals surface area contributed by atoms with Crippen LogP contribution >= 0.6 is 11.8 Å². The summed E-state index contributed by atoms with van der Waals surface area (Å²) in [5.41, 5.74) is -0.887. The first-order valence-corrected chi connectivity index (χ1v) is 6.03. The number of hydrogen-bond donors (Lipinski definition) is 3. The highest BCUT2D eigenvalue weighted by molar-refractivity contribution is 7.99. The Hall–Kier alpha value is -1.70. The van der Waals surface area contributed by atoms with Crippen LogP contribution in [0, 0.1) is 0 Å². The lowest BCUT2D eigenvalue weighted by Crippen LogP contribution is -2.40. The zero-order valence-corrected chi connectivity index (χ0v) is 9.85. The first kappa shape index (κ1) is 11.8. The molecule has 0 aliphatic carbocycles. The molecule has 1 aliphatic rings. The van der Waals surface area contributed by atoms with E-state index in [1.165, 1.54) is 11.8 Å². The Morgan fingerprint density at radius 2 is 2.24 bits per heavy atom. The highest BCUT2D eigenvalue weighted by Gasteiger charge is 2.27. The molecule has 0 radical (unpaired) electrons. The topological polar surface area (TPSA) is 104 Å². The number of fused-ring (bicyclic) bond motifs is 1. The van der Waals surface area contributed by atoms with Gasteiger partial charge in [-0.15, -0.1) is 11.8 Å². The van der Waals surface area contributed by atoms with Gasteiger partial charge in [-0.3, -0.25) is 9.78 Å². The van der Waals surface area contributed by atoms with Gasteiger partial charge in [-0.1, -0.05) is 0 Å². The van der Waals surface area contributed by atoms with Gasteiger partial charge in [0.1, 0.15) is 16.8 Å². The minimum absolute atomic E-state index is 0.207. The zero-order valence-electron chi connectivity index (χ0n) is 9.03. The highest BCUT2D eigenvalue weighted by Crippen LogP contribution is 2.27. The van der Waals surface area contributed by atoms with Gasteiger partial charge in [0.15, 0.2) is 0 Å². The van der Waals surface area contributed by atoms with Gasteiger partial charge in [0.05, 0.1) is 6.61 Å². The smallest absolute Gasteiger partial charge is 0.329 e. The number of thioether (sulfide) groups is 1. The first-order chi connectivity index (χ1) is 8.11. The molecule has 1 aromatic heterocycles. The molecule has 8 heteroatoms. The van der Waals surface area contributed by atoms with E-state index < -0.39 is 23.3 Å². The molecule has 0 saturated heterocycles. The molecule has 0 aromatic carbocycles. The van der Waals surface area contributed by atoms with Gasteiger partial charge < -0.3 is 15.0 Å². The van der Waals surface area contributed by atoms with Crippen molar-refractivity contribution < 1.29 is 9.53 Å². The lowest BCUT2D eigenvalue weighted by Gasteiger charge is -2.23. The number of carbonyl (C=O) groups is 1. The molecule has 17 heavy (non-hydrogen) atoms. The molecular formula is C9H11N3O4S. The molecule has 1 atom stereocenters. The number of carbonyl (C=O) groups excluding carboxylic acids is 1. The number of hydrogen-bond acceptors (Lipinski definition) is 6. The van der Waals surface area contributed by atoms with Crippen LogP contribution in [0.5, 0.6) is 0 Å². The van der Waals surface area contributed by atoms with Crippen molar-refractivity contribution in [2.45, 2.75) is 18.0 Å². The van der Waals surface area contributed by atoms with Gasteiger partial charge in [0.2, 0.25) is 0 Å². The van der Waals surface area contributed by atoms with Gasteiger partial charge >= 0.3 is 11.7 Å². The number of nitrogens with one attached hydrogen (secondary N) is 3. The number of H-pyrrole nitrogens is 2. The fourth-order valence-corrected chi connectivity index (χ4v) is 2.47. The van der Waals surface area contributed by atoms with Crippen molar-refractivity contribution >= 4 is 23.4 Å². The number of esters is 1. The average molecular weight is 257 g/mol. The molecule has 2 heterocycles. The molecule has 2 rings (SSSR count). The molecule has 3 N–H and O–H groups in total. The molecule has 7 nitrogen and oxygen atoms in total. The van der Waals surface area contributed by atoms with E-state index >= 15 is 0 Å². The molecular weight excluding hydrogens is 246 g/mol. The molecule has 1 unspecified atom stereocenters. The average Bonchev–Trinajstić information content (AvgIpc) is 2.28. The SMILES string of the molecule is CCOC(=O)C1CSc2[nH]c(=O)[nH]c(=O)c2N1. The van der Waals surface area contributed by atoms with Gasteiger partial charge in [0, 0.05) is 5.75 Å². The third-order valence-electron chi connectivity index (χ3n) is 2.19. The number of aromatic nitrogens is 2. The summed E-state index contributed by atoms with van der Waals surface area (Å²) in [7, 11) is 0. The molecule has 0 bridgehead atoms. The van der Waals surface area contributed by atoms with E-state index in [1.807, 2.05) is 0 Å². The predicted molar refractivity (Wildman–Crippen MR) is 62.5 cm³/mol. The van der Waals surface area contributed by atoms with Crippen LogP contribution in [0.15, 0.2) is 14.6 Å². The highest BCUT2D eigenvalue weighted by atomic mass is 32.2. The number of aromatic amines is 2. The van der Waals surface area contributed by atoms with Gasteiger partial charge in [-0.2, -0.15) is 0 Å². The van der Waals surface area contributed by atoms with Crippen LogP contribution in [0.25, 0.3) is 0 Å². The Morgan fingerprint density at radius 1 is 1.47 bits per heavy atom. The van der Waals surface area contributed by atoms with Crippen LogP contribution < -0.4 is 16.6 Å². The van der Waals surface area contributed by atoms with Crippen LogP contribution in [0.1, 0.15) is 6.92 Å². The minimum Gasteiger partial charge on any atom is -0.464 e. The Labute approximate surface area is 100.0 Å². The second-order valence-corrected chi connectivity index (χ2v) is 4.40. The van der Waals surface area contributed by atoms with Crippen LogP contribution in [-0.4, -0.2) is 34.3 Å². The Morgan fingerprint density at radius 3 is 2.94 bits per heavy atom. The van der Waals surface area contributed by atoms with E-state index in [1.54, 1.807) is 6.92 Å². The molecule has 92 valence electrons. The number of ether oxygens (including phenoxy) is 1. The van der Waals surface area contributed by atoms with Crippen LogP contribution in [-0.2, 0) is 9.53 Å². The molecule has 0 spiro atoms. The molecule has 1 aromatic rings. The summed E-state index contributed by atoms with van der Waals surface area (Å²) in [5, 5.41) is 3.21. The van der Waals surface area contributed by atoms with E-state index in [0.29, 0.717) is 10.8 Å². The summed E-state index contributed by atoms with van der Waals surface area (Å²) in [6.45, 7) is 2.00. The maximum absolute atomic E-state index is 11.5. The van der Waals surface area contributed by atoms with Crippen molar-refractivity contribution in [1.82, 2.24) is 9.97 Å². The van der Waals surface area contributed by atoms with Crippen molar-refractivity contribution in [2.75, 3.05) is 17.7 Å². The van der Waals surface area contributed by atoms with Crippen LogP contribution in [0.3, 0.4) is 0 Å². The maximum atomic E-state index is 11.5. The largest absolute Gasteiger partial charge is 0.464 e. The van der Waals surface area contributed by atoms with Crippen molar-refractivity contribution in [2.24, 2.45) is 0 Å². The normalized spacial score (nSPS) is 18.1. The summed E-state index contributed by atoms with van der Waals surface area (Å²) >= 11 is 1.24. The van der Waals surface area contributed by atoms with Crippen LogP contribution in [0.4, 0.5) is 5.69 Å². The zero-order chi connectivity index (χ0) is 12.4. The Balaban J connectivity index is 2.27. The first-order valence-electron chi connectivity index (χ1n) is 5.04. The second kappa shape index (κ2) is 4.66. The van der Waals surface area contributed by atoms with Crippen molar-refractivity contribution in [3.63, 3.8) is 0 Å².